The average molecular weight is 588 g/mol. The Balaban J connectivity index is 2.05. The first kappa shape index (κ1) is 26.3. The second-order valence-electron chi connectivity index (χ2n) is 6.87. The summed E-state index contributed by atoms with van der Waals surface area (Å²) in [5.41, 5.74) is -0.928. The van der Waals surface area contributed by atoms with Crippen LogP contribution in [-0.4, -0.2) is 12.0 Å². The molecule has 0 aromatic heterocycles. The molecule has 0 radical (unpaired) electrons. The number of rotatable bonds is 6. The zero-order valence-electron chi connectivity index (χ0n) is 17.5. The minimum absolute atomic E-state index is 0.0180. The number of nitro groups is 1. The second kappa shape index (κ2) is 10.6. The summed E-state index contributed by atoms with van der Waals surface area (Å²) in [4.78, 5) is 10.4. The fourth-order valence-electron chi connectivity index (χ4n) is 3.00. The molecule has 0 aliphatic heterocycles. The van der Waals surface area contributed by atoms with Crippen molar-refractivity contribution in [3.05, 3.63) is 89.9 Å². The van der Waals surface area contributed by atoms with Crippen LogP contribution in [0.25, 0.3) is 11.6 Å². The number of nitro benzene ring substituents is 1. The van der Waals surface area contributed by atoms with Crippen LogP contribution in [0.5, 0.6) is 17.2 Å². The van der Waals surface area contributed by atoms with Crippen LogP contribution >= 0.6 is 39.1 Å². The van der Waals surface area contributed by atoms with Gasteiger partial charge in [0.05, 0.1) is 38.7 Å². The molecule has 12 heteroatoms. The molecule has 35 heavy (non-hydrogen) atoms. The van der Waals surface area contributed by atoms with E-state index < -0.39 is 28.1 Å². The van der Waals surface area contributed by atoms with Crippen LogP contribution in [0.1, 0.15) is 16.7 Å². The molecule has 0 atom stereocenters. The smallest absolute Gasteiger partial charge is 0.416 e. The molecule has 0 unspecified atom stereocenters. The lowest BCUT2D eigenvalue weighted by Gasteiger charge is -2.14. The first-order valence-electron chi connectivity index (χ1n) is 9.42. The van der Waals surface area contributed by atoms with E-state index in [1.54, 1.807) is 12.1 Å². The SMILES string of the molecule is COc1cc(/C=C(\C#N)c2ccc(Cl)cc2Cl)cc(Br)c1Oc1ccc(C(F)(F)F)cc1[N+](=O)[O-]. The van der Waals surface area contributed by atoms with E-state index in [0.717, 1.165) is 6.07 Å². The van der Waals surface area contributed by atoms with E-state index >= 15 is 0 Å². The summed E-state index contributed by atoms with van der Waals surface area (Å²) in [7, 11) is 1.31. The number of hydrogen-bond donors (Lipinski definition) is 0. The van der Waals surface area contributed by atoms with E-state index in [1.807, 2.05) is 0 Å². The minimum atomic E-state index is -4.76. The summed E-state index contributed by atoms with van der Waals surface area (Å²) in [6.07, 6.45) is -3.24. The number of alkyl halides is 3. The van der Waals surface area contributed by atoms with Crippen LogP contribution in [-0.2, 0) is 6.18 Å². The molecule has 0 amide bonds. The van der Waals surface area contributed by atoms with Crippen molar-refractivity contribution < 1.29 is 27.6 Å². The second-order valence-corrected chi connectivity index (χ2v) is 8.57. The van der Waals surface area contributed by atoms with E-state index in [2.05, 4.69) is 22.0 Å². The lowest BCUT2D eigenvalue weighted by molar-refractivity contribution is -0.385. The molecule has 0 saturated carbocycles. The normalized spacial score (nSPS) is 11.7. The van der Waals surface area contributed by atoms with Crippen molar-refractivity contribution in [2.45, 2.75) is 6.18 Å². The molecule has 0 fully saturated rings. The Morgan fingerprint density at radius 2 is 1.86 bits per heavy atom. The summed E-state index contributed by atoms with van der Waals surface area (Å²) in [6.45, 7) is 0. The van der Waals surface area contributed by atoms with Crippen molar-refractivity contribution in [1.29, 1.82) is 5.26 Å². The number of nitrogens with zero attached hydrogens (tertiary/aromatic N) is 2. The first-order chi connectivity index (χ1) is 16.4. The molecule has 0 N–H and O–H groups in total. The molecular weight excluding hydrogens is 576 g/mol. The first-order valence-corrected chi connectivity index (χ1v) is 11.0. The molecule has 0 saturated heterocycles. The Morgan fingerprint density at radius 1 is 1.14 bits per heavy atom. The third-order valence-electron chi connectivity index (χ3n) is 4.60. The minimum Gasteiger partial charge on any atom is -0.493 e. The van der Waals surface area contributed by atoms with Gasteiger partial charge in [0.25, 0.3) is 0 Å². The molecular formula is C23H12BrCl2F3N2O4. The Morgan fingerprint density at radius 3 is 2.43 bits per heavy atom. The van der Waals surface area contributed by atoms with Gasteiger partial charge in [0.2, 0.25) is 5.75 Å². The highest BCUT2D eigenvalue weighted by atomic mass is 79.9. The molecule has 180 valence electrons. The van der Waals surface area contributed by atoms with Gasteiger partial charge in [0.1, 0.15) is 0 Å². The van der Waals surface area contributed by atoms with Gasteiger partial charge in [-0.25, -0.2) is 0 Å². The molecule has 3 rings (SSSR count). The van der Waals surface area contributed by atoms with Gasteiger partial charge >= 0.3 is 11.9 Å². The highest BCUT2D eigenvalue weighted by molar-refractivity contribution is 9.10. The van der Waals surface area contributed by atoms with Crippen LogP contribution in [0.4, 0.5) is 18.9 Å². The Bertz CT molecular complexity index is 1390. The highest BCUT2D eigenvalue weighted by Crippen LogP contribution is 2.44. The lowest BCUT2D eigenvalue weighted by Crippen LogP contribution is -2.06. The molecule has 3 aromatic rings. The lowest BCUT2D eigenvalue weighted by atomic mass is 10.0. The third-order valence-corrected chi connectivity index (χ3v) is 5.74. The summed E-state index contributed by atoms with van der Waals surface area (Å²) in [5, 5.41) is 21.7. The van der Waals surface area contributed by atoms with Crippen LogP contribution in [0.2, 0.25) is 10.0 Å². The van der Waals surface area contributed by atoms with Crippen LogP contribution in [0.15, 0.2) is 53.0 Å². The van der Waals surface area contributed by atoms with E-state index in [9.17, 15) is 28.5 Å². The molecule has 3 aromatic carbocycles. The molecule has 0 aliphatic rings. The number of benzene rings is 3. The molecule has 0 bridgehead atoms. The summed E-state index contributed by atoms with van der Waals surface area (Å²) < 4.78 is 50.1. The van der Waals surface area contributed by atoms with Gasteiger partial charge in [-0.1, -0.05) is 29.3 Å². The zero-order valence-corrected chi connectivity index (χ0v) is 20.6. The van der Waals surface area contributed by atoms with Crippen molar-refractivity contribution in [3.63, 3.8) is 0 Å². The van der Waals surface area contributed by atoms with Gasteiger partial charge in [-0.3, -0.25) is 10.1 Å². The van der Waals surface area contributed by atoms with E-state index in [-0.39, 0.29) is 26.6 Å². The third kappa shape index (κ3) is 6.06. The number of ether oxygens (including phenoxy) is 2. The monoisotopic (exact) mass is 586 g/mol. The molecule has 0 heterocycles. The van der Waals surface area contributed by atoms with Crippen molar-refractivity contribution in [1.82, 2.24) is 0 Å². The largest absolute Gasteiger partial charge is 0.493 e. The number of nitriles is 1. The van der Waals surface area contributed by atoms with Gasteiger partial charge in [0, 0.05) is 16.7 Å². The maximum absolute atomic E-state index is 13.0. The maximum atomic E-state index is 13.0. The summed E-state index contributed by atoms with van der Waals surface area (Å²) >= 11 is 15.4. The fourth-order valence-corrected chi connectivity index (χ4v) is 4.05. The maximum Gasteiger partial charge on any atom is 0.416 e. The highest BCUT2D eigenvalue weighted by Gasteiger charge is 2.33. The van der Waals surface area contributed by atoms with Gasteiger partial charge in [-0.2, -0.15) is 18.4 Å². The Labute approximate surface area is 215 Å². The molecule has 6 nitrogen and oxygen atoms in total. The predicted molar refractivity (Wildman–Crippen MR) is 129 cm³/mol. The van der Waals surface area contributed by atoms with Gasteiger partial charge in [0.15, 0.2) is 11.5 Å². The van der Waals surface area contributed by atoms with Crippen LogP contribution in [0.3, 0.4) is 0 Å². The Hall–Kier alpha value is -3.26. The van der Waals surface area contributed by atoms with Gasteiger partial charge < -0.3 is 9.47 Å². The van der Waals surface area contributed by atoms with E-state index in [1.165, 1.54) is 31.4 Å². The molecule has 0 spiro atoms. The number of methoxy groups -OCH3 is 1. The van der Waals surface area contributed by atoms with Crippen molar-refractivity contribution in [3.8, 4) is 23.3 Å². The van der Waals surface area contributed by atoms with E-state index in [4.69, 9.17) is 32.7 Å². The zero-order chi connectivity index (χ0) is 25.9. The fraction of sp³-hybridized carbons (Fsp3) is 0.0870. The predicted octanol–water partition coefficient (Wildman–Crippen LogP) is 8.55. The average Bonchev–Trinajstić information content (AvgIpc) is 2.78. The Kier molecular flexibility index (Phi) is 7.95. The van der Waals surface area contributed by atoms with Crippen molar-refractivity contribution >= 4 is 56.5 Å². The number of allylic oxidation sites excluding steroid dienone is 1. The van der Waals surface area contributed by atoms with Gasteiger partial charge in [-0.05, 0) is 64.0 Å². The van der Waals surface area contributed by atoms with E-state index in [0.29, 0.717) is 28.3 Å². The topological polar surface area (TPSA) is 85.4 Å². The van der Waals surface area contributed by atoms with Gasteiger partial charge in [-0.15, -0.1) is 0 Å². The number of halogens is 6. The molecule has 0 aliphatic carbocycles. The summed E-state index contributed by atoms with van der Waals surface area (Å²) in [6, 6.07) is 11.7. The van der Waals surface area contributed by atoms with Crippen LogP contribution in [0, 0.1) is 21.4 Å². The van der Waals surface area contributed by atoms with Crippen LogP contribution < -0.4 is 9.47 Å². The standard InChI is InChI=1S/C23H12BrCl2F3N2O4/c1-34-21-8-12(6-13(11-30)16-4-3-15(25)10-18(16)26)7-17(24)22(21)35-20-5-2-14(23(27,28)29)9-19(20)31(32)33/h2-10H,1H3/b13-6+. The quantitative estimate of drug-likeness (QED) is 0.125. The number of hydrogen-bond acceptors (Lipinski definition) is 5. The van der Waals surface area contributed by atoms with Crippen molar-refractivity contribution in [2.75, 3.05) is 7.11 Å². The summed E-state index contributed by atoms with van der Waals surface area (Å²) in [5.74, 6) is -0.342. The van der Waals surface area contributed by atoms with Crippen molar-refractivity contribution in [2.24, 2.45) is 0 Å².